The van der Waals surface area contributed by atoms with E-state index in [2.05, 4.69) is 27.4 Å². The maximum atomic E-state index is 11.9. The molecule has 1 saturated heterocycles. The summed E-state index contributed by atoms with van der Waals surface area (Å²) in [6.07, 6.45) is 5.81. The number of hydrogen-bond donors (Lipinski definition) is 0. The second-order valence-electron chi connectivity index (χ2n) is 5.38. The largest absolute Gasteiger partial charge is 0.320 e. The summed E-state index contributed by atoms with van der Waals surface area (Å²) in [7, 11) is 0. The van der Waals surface area contributed by atoms with Crippen molar-refractivity contribution in [2.24, 2.45) is 11.3 Å². The average molecular weight is 209 g/mol. The van der Waals surface area contributed by atoms with Gasteiger partial charge in [-0.1, -0.05) is 33.8 Å². The minimum atomic E-state index is 0.138. The Balaban J connectivity index is 2.75. The van der Waals surface area contributed by atoms with Crippen molar-refractivity contribution < 1.29 is 4.79 Å². The Morgan fingerprint density at radius 3 is 2.80 bits per heavy atom. The zero-order valence-corrected chi connectivity index (χ0v) is 10.3. The van der Waals surface area contributed by atoms with Crippen LogP contribution in [0.25, 0.3) is 0 Å². The van der Waals surface area contributed by atoms with Gasteiger partial charge in [0, 0.05) is 13.0 Å². The number of hydrogen-bond acceptors (Lipinski definition) is 1. The van der Waals surface area contributed by atoms with E-state index in [1.54, 1.807) is 11.1 Å². The van der Waals surface area contributed by atoms with E-state index in [-0.39, 0.29) is 11.3 Å². The van der Waals surface area contributed by atoms with Crippen molar-refractivity contribution in [2.75, 3.05) is 6.54 Å². The summed E-state index contributed by atoms with van der Waals surface area (Å²) < 4.78 is 0. The highest BCUT2D eigenvalue weighted by atomic mass is 16.2. The first-order chi connectivity index (χ1) is 6.98. The average Bonchev–Trinajstić information content (AvgIpc) is 2.13. The summed E-state index contributed by atoms with van der Waals surface area (Å²) in [6, 6.07) is 0. The van der Waals surface area contributed by atoms with Crippen molar-refractivity contribution in [2.45, 2.75) is 46.5 Å². The summed E-state index contributed by atoms with van der Waals surface area (Å²) in [5.74, 6) is 0.972. The Morgan fingerprint density at radius 1 is 1.60 bits per heavy atom. The molecule has 1 amide bonds. The monoisotopic (exact) mass is 209 g/mol. The molecule has 0 aromatic heterocycles. The van der Waals surface area contributed by atoms with Crippen molar-refractivity contribution in [3.63, 3.8) is 0 Å². The van der Waals surface area contributed by atoms with Crippen LogP contribution >= 0.6 is 0 Å². The zero-order valence-electron chi connectivity index (χ0n) is 10.3. The van der Waals surface area contributed by atoms with Gasteiger partial charge in [-0.05, 0) is 30.4 Å². The normalized spacial score (nSPS) is 27.0. The second kappa shape index (κ2) is 4.82. The molecule has 1 aliphatic rings. The lowest BCUT2D eigenvalue weighted by atomic mass is 9.76. The lowest BCUT2D eigenvalue weighted by Gasteiger charge is -2.34. The first-order valence-electron chi connectivity index (χ1n) is 5.90. The molecule has 0 aliphatic carbocycles. The van der Waals surface area contributed by atoms with Crippen molar-refractivity contribution in [1.29, 1.82) is 0 Å². The van der Waals surface area contributed by atoms with Crippen LogP contribution in [0.1, 0.15) is 46.5 Å². The van der Waals surface area contributed by atoms with E-state index in [0.29, 0.717) is 6.42 Å². The molecule has 0 aromatic rings. The fraction of sp³-hybridized carbons (Fsp3) is 0.769. The van der Waals surface area contributed by atoms with Crippen molar-refractivity contribution in [3.05, 3.63) is 12.8 Å². The van der Waals surface area contributed by atoms with Gasteiger partial charge in [0.1, 0.15) is 0 Å². The van der Waals surface area contributed by atoms with E-state index in [0.717, 1.165) is 18.9 Å². The molecule has 86 valence electrons. The smallest absolute Gasteiger partial charge is 0.227 e. The van der Waals surface area contributed by atoms with Gasteiger partial charge in [0.05, 0.1) is 0 Å². The molecule has 0 aromatic carbocycles. The van der Waals surface area contributed by atoms with Crippen LogP contribution in [-0.2, 0) is 4.79 Å². The molecule has 1 atom stereocenters. The zero-order chi connectivity index (χ0) is 11.5. The molecule has 15 heavy (non-hydrogen) atoms. The number of carbonyl (C=O) groups is 1. The highest BCUT2D eigenvalue weighted by Gasteiger charge is 2.30. The van der Waals surface area contributed by atoms with E-state index in [1.165, 1.54) is 12.8 Å². The van der Waals surface area contributed by atoms with Crippen LogP contribution < -0.4 is 0 Å². The Hall–Kier alpha value is -0.790. The highest BCUT2D eigenvalue weighted by Crippen LogP contribution is 2.34. The molecule has 0 saturated carbocycles. The third-order valence-electron chi connectivity index (χ3n) is 3.37. The Morgan fingerprint density at radius 2 is 2.27 bits per heavy atom. The number of likely N-dealkylation sites (tertiary alicyclic amines) is 1. The molecule has 1 aliphatic heterocycles. The van der Waals surface area contributed by atoms with E-state index < -0.39 is 0 Å². The molecule has 1 rings (SSSR count). The third-order valence-corrected chi connectivity index (χ3v) is 3.37. The molecular formula is C13H23NO. The van der Waals surface area contributed by atoms with Crippen LogP contribution in [0.2, 0.25) is 0 Å². The van der Waals surface area contributed by atoms with E-state index >= 15 is 0 Å². The Kier molecular flexibility index (Phi) is 3.95. The predicted molar refractivity (Wildman–Crippen MR) is 63.3 cm³/mol. The maximum Gasteiger partial charge on any atom is 0.227 e. The minimum absolute atomic E-state index is 0.138. The topological polar surface area (TPSA) is 20.3 Å². The summed E-state index contributed by atoms with van der Waals surface area (Å²) in [5, 5.41) is 0. The fourth-order valence-electron chi connectivity index (χ4n) is 2.45. The lowest BCUT2D eigenvalue weighted by molar-refractivity contribution is -0.132. The minimum Gasteiger partial charge on any atom is -0.320 e. The van der Waals surface area contributed by atoms with Crippen LogP contribution in [0.3, 0.4) is 0 Å². The summed E-state index contributed by atoms with van der Waals surface area (Å²) in [4.78, 5) is 13.6. The molecule has 0 radical (unpaired) electrons. The van der Waals surface area contributed by atoms with Gasteiger partial charge < -0.3 is 4.90 Å². The molecule has 1 heterocycles. The Bertz CT molecular complexity index is 245. The SMILES string of the molecule is C=CN1CCC(CC)CC(C)(C)CC1=O. The number of carbonyl (C=O) groups excluding carboxylic acids is 1. The van der Waals surface area contributed by atoms with Crippen LogP contribution in [0, 0.1) is 11.3 Å². The number of rotatable bonds is 2. The van der Waals surface area contributed by atoms with E-state index in [4.69, 9.17) is 0 Å². The molecule has 0 spiro atoms. The quantitative estimate of drug-likeness (QED) is 0.684. The van der Waals surface area contributed by atoms with Gasteiger partial charge in [0.25, 0.3) is 0 Å². The van der Waals surface area contributed by atoms with E-state index in [9.17, 15) is 4.79 Å². The lowest BCUT2D eigenvalue weighted by Crippen LogP contribution is -2.35. The summed E-state index contributed by atoms with van der Waals surface area (Å²) >= 11 is 0. The van der Waals surface area contributed by atoms with Gasteiger partial charge in [-0.2, -0.15) is 0 Å². The number of amides is 1. The van der Waals surface area contributed by atoms with Gasteiger partial charge in [0.15, 0.2) is 0 Å². The van der Waals surface area contributed by atoms with E-state index in [1.807, 2.05) is 0 Å². The first-order valence-corrected chi connectivity index (χ1v) is 5.90. The van der Waals surface area contributed by atoms with Gasteiger partial charge in [-0.3, -0.25) is 4.79 Å². The molecule has 1 fully saturated rings. The molecule has 2 heteroatoms. The molecule has 1 unspecified atom stereocenters. The third kappa shape index (κ3) is 3.37. The number of nitrogens with zero attached hydrogens (tertiary/aromatic N) is 1. The van der Waals surface area contributed by atoms with Crippen molar-refractivity contribution >= 4 is 5.91 Å². The summed E-state index contributed by atoms with van der Waals surface area (Å²) in [5.41, 5.74) is 0.138. The fourth-order valence-corrected chi connectivity index (χ4v) is 2.45. The standard InChI is InChI=1S/C13H23NO/c1-5-11-7-8-14(6-2)12(15)10-13(3,4)9-11/h6,11H,2,5,7-10H2,1,3-4H3. The second-order valence-corrected chi connectivity index (χ2v) is 5.38. The van der Waals surface area contributed by atoms with Crippen LogP contribution in [0.4, 0.5) is 0 Å². The van der Waals surface area contributed by atoms with Gasteiger partial charge in [0.2, 0.25) is 5.91 Å². The Labute approximate surface area is 93.3 Å². The highest BCUT2D eigenvalue weighted by molar-refractivity contribution is 5.77. The molecule has 0 bridgehead atoms. The predicted octanol–water partition coefficient (Wildman–Crippen LogP) is 3.19. The van der Waals surface area contributed by atoms with Crippen LogP contribution in [0.5, 0.6) is 0 Å². The summed E-state index contributed by atoms with van der Waals surface area (Å²) in [6.45, 7) is 11.2. The maximum absolute atomic E-state index is 11.9. The van der Waals surface area contributed by atoms with Crippen molar-refractivity contribution in [3.8, 4) is 0 Å². The van der Waals surface area contributed by atoms with Crippen LogP contribution in [-0.4, -0.2) is 17.4 Å². The molecule has 0 N–H and O–H groups in total. The van der Waals surface area contributed by atoms with Gasteiger partial charge >= 0.3 is 0 Å². The molecular weight excluding hydrogens is 186 g/mol. The van der Waals surface area contributed by atoms with Crippen molar-refractivity contribution in [1.82, 2.24) is 4.90 Å². The molecule has 2 nitrogen and oxygen atoms in total. The van der Waals surface area contributed by atoms with Gasteiger partial charge in [-0.25, -0.2) is 0 Å². The van der Waals surface area contributed by atoms with Gasteiger partial charge in [-0.15, -0.1) is 0 Å². The first kappa shape index (κ1) is 12.3. The van der Waals surface area contributed by atoms with Crippen LogP contribution in [0.15, 0.2) is 12.8 Å².